The Labute approximate surface area is 120 Å². The van der Waals surface area contributed by atoms with Gasteiger partial charge in [0, 0.05) is 30.9 Å². The van der Waals surface area contributed by atoms with Gasteiger partial charge in [0.1, 0.15) is 0 Å². The third-order valence-corrected chi connectivity index (χ3v) is 3.56. The Bertz CT molecular complexity index is 538. The molecule has 3 heteroatoms. The summed E-state index contributed by atoms with van der Waals surface area (Å²) in [5.74, 6) is 0.122. The molecule has 0 aliphatic rings. The maximum atomic E-state index is 11.8. The Morgan fingerprint density at radius 2 is 1.70 bits per heavy atom. The molecular weight excluding hydrogens is 248 g/mol. The second kappa shape index (κ2) is 6.94. The fourth-order valence-electron chi connectivity index (χ4n) is 2.35. The molecule has 0 fully saturated rings. The molecule has 0 aliphatic carbocycles. The first-order valence-electron chi connectivity index (χ1n) is 7.10. The summed E-state index contributed by atoms with van der Waals surface area (Å²) in [7, 11) is 0. The number of hydrogen-bond donors (Lipinski definition) is 1. The summed E-state index contributed by atoms with van der Waals surface area (Å²) in [5.41, 5.74) is 3.68. The minimum Gasteiger partial charge on any atom is -0.354 e. The molecule has 1 aromatic carbocycles. The molecule has 1 aromatic heterocycles. The van der Waals surface area contributed by atoms with Crippen molar-refractivity contribution < 1.29 is 4.79 Å². The molecule has 0 aliphatic heterocycles. The summed E-state index contributed by atoms with van der Waals surface area (Å²) in [6, 6.07) is 14.3. The topological polar surface area (TPSA) is 34.0 Å². The van der Waals surface area contributed by atoms with Crippen molar-refractivity contribution in [3.05, 3.63) is 59.4 Å². The highest BCUT2D eigenvalue weighted by Gasteiger charge is 2.03. The van der Waals surface area contributed by atoms with E-state index in [1.807, 2.05) is 18.2 Å². The second-order valence-electron chi connectivity index (χ2n) is 5.10. The zero-order chi connectivity index (χ0) is 14.4. The molecule has 1 amide bonds. The van der Waals surface area contributed by atoms with Crippen LogP contribution >= 0.6 is 0 Å². The number of hydrogen-bond acceptors (Lipinski definition) is 1. The van der Waals surface area contributed by atoms with Crippen LogP contribution < -0.4 is 5.32 Å². The molecule has 0 saturated heterocycles. The lowest BCUT2D eigenvalue weighted by molar-refractivity contribution is -0.121. The van der Waals surface area contributed by atoms with Crippen LogP contribution in [0.2, 0.25) is 0 Å². The first-order valence-corrected chi connectivity index (χ1v) is 7.10. The van der Waals surface area contributed by atoms with Crippen LogP contribution in [0.5, 0.6) is 0 Å². The quantitative estimate of drug-likeness (QED) is 0.860. The van der Waals surface area contributed by atoms with Gasteiger partial charge in [0.25, 0.3) is 0 Å². The lowest BCUT2D eigenvalue weighted by Gasteiger charge is -2.10. The monoisotopic (exact) mass is 270 g/mol. The third-order valence-electron chi connectivity index (χ3n) is 3.56. The minimum absolute atomic E-state index is 0.122. The van der Waals surface area contributed by atoms with Crippen molar-refractivity contribution in [3.63, 3.8) is 0 Å². The molecule has 106 valence electrons. The summed E-state index contributed by atoms with van der Waals surface area (Å²) in [6.07, 6.45) is 1.35. The second-order valence-corrected chi connectivity index (χ2v) is 5.10. The van der Waals surface area contributed by atoms with Gasteiger partial charge in [-0.05, 0) is 38.0 Å². The molecule has 0 spiro atoms. The number of nitrogens with one attached hydrogen (secondary N) is 1. The number of amides is 1. The van der Waals surface area contributed by atoms with Gasteiger partial charge in [-0.1, -0.05) is 30.3 Å². The maximum absolute atomic E-state index is 11.8. The van der Waals surface area contributed by atoms with E-state index in [1.54, 1.807) is 0 Å². The van der Waals surface area contributed by atoms with Gasteiger partial charge in [0.05, 0.1) is 0 Å². The van der Waals surface area contributed by atoms with Crippen LogP contribution in [-0.4, -0.2) is 17.0 Å². The zero-order valence-electron chi connectivity index (χ0n) is 12.2. The SMILES string of the molecule is Cc1ccc(C)n1CCNC(=O)CCc1ccccc1. The highest BCUT2D eigenvalue weighted by molar-refractivity contribution is 5.76. The summed E-state index contributed by atoms with van der Waals surface area (Å²) in [4.78, 5) is 11.8. The van der Waals surface area contributed by atoms with E-state index in [-0.39, 0.29) is 5.91 Å². The Kier molecular flexibility index (Phi) is 4.99. The molecule has 0 unspecified atom stereocenters. The molecule has 0 bridgehead atoms. The average Bonchev–Trinajstić information content (AvgIpc) is 2.78. The van der Waals surface area contributed by atoms with E-state index in [4.69, 9.17) is 0 Å². The predicted octanol–water partition coefficient (Wildman–Crippen LogP) is 2.85. The van der Waals surface area contributed by atoms with Crippen molar-refractivity contribution >= 4 is 5.91 Å². The summed E-state index contributed by atoms with van der Waals surface area (Å²) >= 11 is 0. The molecule has 2 aromatic rings. The molecule has 3 nitrogen and oxygen atoms in total. The lowest BCUT2D eigenvalue weighted by atomic mass is 10.1. The Morgan fingerprint density at radius 1 is 1.05 bits per heavy atom. The molecule has 1 heterocycles. The van der Waals surface area contributed by atoms with Gasteiger partial charge in [-0.3, -0.25) is 4.79 Å². The number of carbonyl (C=O) groups excluding carboxylic acids is 1. The Morgan fingerprint density at radius 3 is 2.35 bits per heavy atom. The first-order chi connectivity index (χ1) is 9.66. The number of rotatable bonds is 6. The van der Waals surface area contributed by atoms with Crippen LogP contribution in [0.3, 0.4) is 0 Å². The normalized spacial score (nSPS) is 10.5. The van der Waals surface area contributed by atoms with Crippen LogP contribution in [0.4, 0.5) is 0 Å². The zero-order valence-corrected chi connectivity index (χ0v) is 12.2. The number of aromatic nitrogens is 1. The molecule has 20 heavy (non-hydrogen) atoms. The van der Waals surface area contributed by atoms with Crippen molar-refractivity contribution in [1.82, 2.24) is 9.88 Å². The van der Waals surface area contributed by atoms with Crippen LogP contribution in [-0.2, 0) is 17.8 Å². The van der Waals surface area contributed by atoms with E-state index in [9.17, 15) is 4.79 Å². The van der Waals surface area contributed by atoms with Crippen LogP contribution in [0.1, 0.15) is 23.4 Å². The maximum Gasteiger partial charge on any atom is 0.220 e. The number of carbonyl (C=O) groups is 1. The fraction of sp³-hybridized carbons (Fsp3) is 0.353. The predicted molar refractivity (Wildman–Crippen MR) is 81.7 cm³/mol. The average molecular weight is 270 g/mol. The summed E-state index contributed by atoms with van der Waals surface area (Å²) in [6.45, 7) is 5.69. The highest BCUT2D eigenvalue weighted by Crippen LogP contribution is 2.06. The Hall–Kier alpha value is -2.03. The standard InChI is InChI=1S/C17H22N2O/c1-14-8-9-15(2)19(14)13-12-18-17(20)11-10-16-6-4-3-5-7-16/h3-9H,10-13H2,1-2H3,(H,18,20). The minimum atomic E-state index is 0.122. The van der Waals surface area contributed by atoms with E-state index in [0.717, 1.165) is 13.0 Å². The van der Waals surface area contributed by atoms with E-state index in [0.29, 0.717) is 13.0 Å². The van der Waals surface area contributed by atoms with Gasteiger partial charge in [-0.15, -0.1) is 0 Å². The Balaban J connectivity index is 1.71. The van der Waals surface area contributed by atoms with Gasteiger partial charge >= 0.3 is 0 Å². The first kappa shape index (κ1) is 14.4. The van der Waals surface area contributed by atoms with Crippen LogP contribution in [0.15, 0.2) is 42.5 Å². The van der Waals surface area contributed by atoms with Gasteiger partial charge in [-0.25, -0.2) is 0 Å². The largest absolute Gasteiger partial charge is 0.354 e. The fourth-order valence-corrected chi connectivity index (χ4v) is 2.35. The summed E-state index contributed by atoms with van der Waals surface area (Å²) < 4.78 is 2.22. The van der Waals surface area contributed by atoms with E-state index < -0.39 is 0 Å². The van der Waals surface area contributed by atoms with E-state index >= 15 is 0 Å². The molecule has 0 atom stereocenters. The summed E-state index contributed by atoms with van der Waals surface area (Å²) in [5, 5.41) is 2.99. The van der Waals surface area contributed by atoms with Crippen molar-refractivity contribution in [1.29, 1.82) is 0 Å². The smallest absolute Gasteiger partial charge is 0.220 e. The molecule has 2 rings (SSSR count). The van der Waals surface area contributed by atoms with Gasteiger partial charge in [0.15, 0.2) is 0 Å². The number of nitrogens with zero attached hydrogens (tertiary/aromatic N) is 1. The number of benzene rings is 1. The lowest BCUT2D eigenvalue weighted by Crippen LogP contribution is -2.27. The third kappa shape index (κ3) is 3.98. The van der Waals surface area contributed by atoms with Gasteiger partial charge in [0.2, 0.25) is 5.91 Å². The van der Waals surface area contributed by atoms with Gasteiger partial charge < -0.3 is 9.88 Å². The molecule has 1 N–H and O–H groups in total. The van der Waals surface area contributed by atoms with Crippen molar-refractivity contribution in [2.24, 2.45) is 0 Å². The molecule has 0 radical (unpaired) electrons. The van der Waals surface area contributed by atoms with Crippen molar-refractivity contribution in [3.8, 4) is 0 Å². The highest BCUT2D eigenvalue weighted by atomic mass is 16.1. The van der Waals surface area contributed by atoms with E-state index in [1.165, 1.54) is 17.0 Å². The number of aryl methyl sites for hydroxylation is 3. The van der Waals surface area contributed by atoms with Crippen LogP contribution in [0, 0.1) is 13.8 Å². The van der Waals surface area contributed by atoms with Crippen molar-refractivity contribution in [2.45, 2.75) is 33.2 Å². The molecule has 0 saturated carbocycles. The van der Waals surface area contributed by atoms with Crippen molar-refractivity contribution in [2.75, 3.05) is 6.54 Å². The van der Waals surface area contributed by atoms with Gasteiger partial charge in [-0.2, -0.15) is 0 Å². The van der Waals surface area contributed by atoms with Crippen LogP contribution in [0.25, 0.3) is 0 Å². The van der Waals surface area contributed by atoms with E-state index in [2.05, 4.69) is 48.0 Å². The molecular formula is C17H22N2O.